The van der Waals surface area contributed by atoms with Crippen LogP contribution in [-0.4, -0.2) is 18.1 Å². The molecule has 92 valence electrons. The summed E-state index contributed by atoms with van der Waals surface area (Å²) in [5.41, 5.74) is 0.791. The standard InChI is InChI=1S/C12H16N2O3/c1-8-5-10(6-8)13-9-3-4-12(17-2)11(7-9)14(15)16/h3-4,7-8,10,13H,5-6H2,1-2H3. The number of benzene rings is 1. The third kappa shape index (κ3) is 2.49. The van der Waals surface area contributed by atoms with Crippen molar-refractivity contribution in [3.63, 3.8) is 0 Å². The Balaban J connectivity index is 2.13. The van der Waals surface area contributed by atoms with Gasteiger partial charge in [0.2, 0.25) is 0 Å². The first kappa shape index (κ1) is 11.7. The monoisotopic (exact) mass is 236 g/mol. The van der Waals surface area contributed by atoms with E-state index in [1.807, 2.05) is 6.07 Å². The summed E-state index contributed by atoms with van der Waals surface area (Å²) < 4.78 is 4.95. The van der Waals surface area contributed by atoms with Crippen molar-refractivity contribution in [2.24, 2.45) is 5.92 Å². The molecule has 1 aromatic carbocycles. The van der Waals surface area contributed by atoms with E-state index in [0.717, 1.165) is 24.4 Å². The first-order valence-electron chi connectivity index (χ1n) is 5.69. The maximum atomic E-state index is 10.9. The molecule has 17 heavy (non-hydrogen) atoms. The van der Waals surface area contributed by atoms with Crippen LogP contribution in [0.15, 0.2) is 18.2 Å². The quantitative estimate of drug-likeness (QED) is 0.645. The molecule has 0 aliphatic heterocycles. The molecule has 1 aromatic rings. The van der Waals surface area contributed by atoms with Gasteiger partial charge in [-0.15, -0.1) is 0 Å². The number of hydrogen-bond donors (Lipinski definition) is 1. The topological polar surface area (TPSA) is 64.4 Å². The minimum Gasteiger partial charge on any atom is -0.490 e. The summed E-state index contributed by atoms with van der Waals surface area (Å²) in [5, 5.41) is 14.1. The number of anilines is 1. The highest BCUT2D eigenvalue weighted by atomic mass is 16.6. The zero-order chi connectivity index (χ0) is 12.4. The lowest BCUT2D eigenvalue weighted by Crippen LogP contribution is -2.33. The normalized spacial score (nSPS) is 22.7. The van der Waals surface area contributed by atoms with Crippen molar-refractivity contribution >= 4 is 11.4 Å². The van der Waals surface area contributed by atoms with Crippen LogP contribution in [0.1, 0.15) is 19.8 Å². The molecule has 0 atom stereocenters. The lowest BCUT2D eigenvalue weighted by Gasteiger charge is -2.34. The van der Waals surface area contributed by atoms with E-state index < -0.39 is 4.92 Å². The van der Waals surface area contributed by atoms with Crippen LogP contribution >= 0.6 is 0 Å². The van der Waals surface area contributed by atoms with Crippen LogP contribution in [0.5, 0.6) is 5.75 Å². The molecule has 1 fully saturated rings. The van der Waals surface area contributed by atoms with Crippen LogP contribution in [0.4, 0.5) is 11.4 Å². The maximum absolute atomic E-state index is 10.9. The Morgan fingerprint density at radius 1 is 1.47 bits per heavy atom. The molecule has 0 amide bonds. The van der Waals surface area contributed by atoms with Crippen molar-refractivity contribution in [1.82, 2.24) is 0 Å². The molecule has 0 spiro atoms. The summed E-state index contributed by atoms with van der Waals surface area (Å²) in [6.45, 7) is 2.20. The van der Waals surface area contributed by atoms with Gasteiger partial charge >= 0.3 is 5.69 Å². The summed E-state index contributed by atoms with van der Waals surface area (Å²) in [4.78, 5) is 10.4. The Hall–Kier alpha value is -1.78. The van der Waals surface area contributed by atoms with E-state index in [4.69, 9.17) is 4.74 Å². The summed E-state index contributed by atoms with van der Waals surface area (Å²) >= 11 is 0. The minimum atomic E-state index is -0.423. The Morgan fingerprint density at radius 2 is 2.18 bits per heavy atom. The molecule has 0 unspecified atom stereocenters. The first-order chi connectivity index (χ1) is 8.10. The highest BCUT2D eigenvalue weighted by molar-refractivity contribution is 5.59. The van der Waals surface area contributed by atoms with E-state index in [1.165, 1.54) is 13.2 Å². The van der Waals surface area contributed by atoms with Gasteiger partial charge < -0.3 is 10.1 Å². The lowest BCUT2D eigenvalue weighted by molar-refractivity contribution is -0.385. The van der Waals surface area contributed by atoms with Gasteiger partial charge in [0.05, 0.1) is 12.0 Å². The van der Waals surface area contributed by atoms with E-state index in [-0.39, 0.29) is 5.69 Å². The van der Waals surface area contributed by atoms with E-state index in [0.29, 0.717) is 11.8 Å². The molecule has 1 N–H and O–H groups in total. The van der Waals surface area contributed by atoms with E-state index in [1.54, 1.807) is 6.07 Å². The molecular formula is C12H16N2O3. The van der Waals surface area contributed by atoms with Crippen LogP contribution in [0.3, 0.4) is 0 Å². The van der Waals surface area contributed by atoms with Crippen LogP contribution < -0.4 is 10.1 Å². The average molecular weight is 236 g/mol. The second-order valence-electron chi connectivity index (χ2n) is 4.56. The van der Waals surface area contributed by atoms with Crippen molar-refractivity contribution in [2.45, 2.75) is 25.8 Å². The fourth-order valence-electron chi connectivity index (χ4n) is 2.18. The third-order valence-electron chi connectivity index (χ3n) is 3.12. The average Bonchev–Trinajstić information content (AvgIpc) is 2.27. The lowest BCUT2D eigenvalue weighted by atomic mass is 9.82. The molecule has 2 rings (SSSR count). The van der Waals surface area contributed by atoms with Crippen molar-refractivity contribution in [3.8, 4) is 5.75 Å². The van der Waals surface area contributed by atoms with Crippen LogP contribution in [0.25, 0.3) is 0 Å². The van der Waals surface area contributed by atoms with E-state index in [9.17, 15) is 10.1 Å². The van der Waals surface area contributed by atoms with Gasteiger partial charge in [-0.25, -0.2) is 0 Å². The second-order valence-corrected chi connectivity index (χ2v) is 4.56. The van der Waals surface area contributed by atoms with Crippen LogP contribution in [0, 0.1) is 16.0 Å². The largest absolute Gasteiger partial charge is 0.490 e. The molecule has 0 heterocycles. The van der Waals surface area contributed by atoms with Crippen LogP contribution in [0.2, 0.25) is 0 Å². The summed E-state index contributed by atoms with van der Waals surface area (Å²) in [7, 11) is 1.43. The molecule has 0 aromatic heterocycles. The fourth-order valence-corrected chi connectivity index (χ4v) is 2.18. The fraction of sp³-hybridized carbons (Fsp3) is 0.500. The van der Waals surface area contributed by atoms with E-state index in [2.05, 4.69) is 12.2 Å². The van der Waals surface area contributed by atoms with Gasteiger partial charge in [0.15, 0.2) is 5.75 Å². The van der Waals surface area contributed by atoms with Crippen molar-refractivity contribution in [2.75, 3.05) is 12.4 Å². The van der Waals surface area contributed by atoms with Gasteiger partial charge in [-0.05, 0) is 30.9 Å². The molecular weight excluding hydrogens is 220 g/mol. The molecule has 1 aliphatic rings. The molecule has 0 radical (unpaired) electrons. The first-order valence-corrected chi connectivity index (χ1v) is 5.69. The Morgan fingerprint density at radius 3 is 2.71 bits per heavy atom. The van der Waals surface area contributed by atoms with Crippen molar-refractivity contribution in [1.29, 1.82) is 0 Å². The number of methoxy groups -OCH3 is 1. The number of nitrogens with one attached hydrogen (secondary N) is 1. The van der Waals surface area contributed by atoms with Gasteiger partial charge in [-0.3, -0.25) is 10.1 Å². The number of rotatable bonds is 4. The van der Waals surface area contributed by atoms with Crippen molar-refractivity contribution < 1.29 is 9.66 Å². The maximum Gasteiger partial charge on any atom is 0.312 e. The molecule has 5 nitrogen and oxygen atoms in total. The van der Waals surface area contributed by atoms with E-state index >= 15 is 0 Å². The van der Waals surface area contributed by atoms with Gasteiger partial charge in [0.1, 0.15) is 0 Å². The number of ether oxygens (including phenoxy) is 1. The Bertz CT molecular complexity index is 428. The summed E-state index contributed by atoms with van der Waals surface area (Å²) in [6, 6.07) is 5.41. The zero-order valence-corrected chi connectivity index (χ0v) is 9.97. The number of nitro groups is 1. The molecule has 1 aliphatic carbocycles. The zero-order valence-electron chi connectivity index (χ0n) is 9.97. The Kier molecular flexibility index (Phi) is 3.17. The molecule has 5 heteroatoms. The molecule has 0 saturated heterocycles. The molecule has 0 bridgehead atoms. The van der Waals surface area contributed by atoms with Crippen LogP contribution in [-0.2, 0) is 0 Å². The number of hydrogen-bond acceptors (Lipinski definition) is 4. The highest BCUT2D eigenvalue weighted by Crippen LogP contribution is 2.33. The predicted octanol–water partition coefficient (Wildman–Crippen LogP) is 2.81. The number of nitrogens with zero attached hydrogens (tertiary/aromatic N) is 1. The second kappa shape index (κ2) is 4.61. The Labute approximate surface area is 99.9 Å². The van der Waals surface area contributed by atoms with Gasteiger partial charge in [0.25, 0.3) is 0 Å². The highest BCUT2D eigenvalue weighted by Gasteiger charge is 2.25. The third-order valence-corrected chi connectivity index (χ3v) is 3.12. The summed E-state index contributed by atoms with van der Waals surface area (Å²) in [5.74, 6) is 1.04. The number of nitro benzene ring substituents is 1. The van der Waals surface area contributed by atoms with Gasteiger partial charge in [-0.2, -0.15) is 0 Å². The predicted molar refractivity (Wildman–Crippen MR) is 65.5 cm³/mol. The minimum absolute atomic E-state index is 0.00451. The van der Waals surface area contributed by atoms with Gasteiger partial charge in [-0.1, -0.05) is 6.92 Å². The van der Waals surface area contributed by atoms with Crippen molar-refractivity contribution in [3.05, 3.63) is 28.3 Å². The van der Waals surface area contributed by atoms with Gasteiger partial charge in [0, 0.05) is 17.8 Å². The smallest absolute Gasteiger partial charge is 0.312 e. The SMILES string of the molecule is COc1ccc(NC2CC(C)C2)cc1[N+](=O)[O-]. The summed E-state index contributed by atoms with van der Waals surface area (Å²) in [6.07, 6.45) is 2.25. The molecule has 1 saturated carbocycles.